The van der Waals surface area contributed by atoms with Crippen LogP contribution in [0.3, 0.4) is 0 Å². The van der Waals surface area contributed by atoms with E-state index < -0.39 is 0 Å². The zero-order valence-corrected chi connectivity index (χ0v) is 18.2. The Bertz CT molecular complexity index is 622. The standard InChI is InChI=1S/C11H18N2O.C8H12N2.C2H6/c1-7(2)9-6-12-10(8(3)4)13-11(9)14-5;1-6(2)8-4-9-7(3)10-5-8;1-2/h6-8H,1-5H3;4-6H,1-3H3;1-2H3. The normalized spacial score (nSPS) is 10.2. The van der Waals surface area contributed by atoms with Gasteiger partial charge in [-0.3, -0.25) is 0 Å². The highest BCUT2D eigenvalue weighted by Crippen LogP contribution is 2.24. The quantitative estimate of drug-likeness (QED) is 0.703. The van der Waals surface area contributed by atoms with E-state index in [4.69, 9.17) is 4.74 Å². The molecular formula is C21H36N4O. The molecule has 5 heteroatoms. The number of nitrogens with zero attached hydrogens (tertiary/aromatic N) is 4. The number of aryl methyl sites for hydroxylation is 1. The summed E-state index contributed by atoms with van der Waals surface area (Å²) in [5, 5.41) is 0. The first-order valence-electron chi connectivity index (χ1n) is 9.45. The summed E-state index contributed by atoms with van der Waals surface area (Å²) in [6.07, 6.45) is 5.63. The Labute approximate surface area is 159 Å². The average Bonchev–Trinajstić information content (AvgIpc) is 2.63. The van der Waals surface area contributed by atoms with Crippen molar-refractivity contribution < 1.29 is 4.74 Å². The van der Waals surface area contributed by atoms with Gasteiger partial charge >= 0.3 is 0 Å². The maximum atomic E-state index is 5.25. The van der Waals surface area contributed by atoms with Crippen molar-refractivity contribution in [1.29, 1.82) is 0 Å². The maximum Gasteiger partial charge on any atom is 0.219 e. The zero-order chi connectivity index (χ0) is 20.3. The molecule has 0 N–H and O–H groups in total. The Hall–Kier alpha value is -2.04. The topological polar surface area (TPSA) is 60.8 Å². The monoisotopic (exact) mass is 360 g/mol. The van der Waals surface area contributed by atoms with Gasteiger partial charge in [0.2, 0.25) is 5.88 Å². The van der Waals surface area contributed by atoms with E-state index in [2.05, 4.69) is 61.5 Å². The molecule has 0 atom stereocenters. The van der Waals surface area contributed by atoms with Crippen LogP contribution in [0.1, 0.15) is 95.9 Å². The summed E-state index contributed by atoms with van der Waals surface area (Å²) >= 11 is 0. The Kier molecular flexibility index (Phi) is 11.4. The summed E-state index contributed by atoms with van der Waals surface area (Å²) in [6.45, 7) is 18.5. The molecule has 0 amide bonds. The number of hydrogen-bond acceptors (Lipinski definition) is 5. The number of methoxy groups -OCH3 is 1. The summed E-state index contributed by atoms with van der Waals surface area (Å²) in [6, 6.07) is 0. The Morgan fingerprint density at radius 2 is 1.31 bits per heavy atom. The lowest BCUT2D eigenvalue weighted by atomic mass is 10.1. The summed E-state index contributed by atoms with van der Waals surface area (Å²) in [5.41, 5.74) is 2.27. The maximum absolute atomic E-state index is 5.25. The van der Waals surface area contributed by atoms with E-state index in [0.29, 0.717) is 23.6 Å². The van der Waals surface area contributed by atoms with E-state index in [1.165, 1.54) is 5.56 Å². The smallest absolute Gasteiger partial charge is 0.219 e. The van der Waals surface area contributed by atoms with Gasteiger partial charge in [0, 0.05) is 30.1 Å². The van der Waals surface area contributed by atoms with Crippen molar-refractivity contribution in [3.63, 3.8) is 0 Å². The Morgan fingerprint density at radius 3 is 1.69 bits per heavy atom. The molecule has 2 aromatic heterocycles. The van der Waals surface area contributed by atoms with Crippen molar-refractivity contribution in [2.75, 3.05) is 7.11 Å². The molecule has 0 aliphatic carbocycles. The summed E-state index contributed by atoms with van der Waals surface area (Å²) in [7, 11) is 1.65. The molecule has 2 heterocycles. The summed E-state index contributed by atoms with van der Waals surface area (Å²) in [4.78, 5) is 16.9. The van der Waals surface area contributed by atoms with Gasteiger partial charge in [0.05, 0.1) is 7.11 Å². The van der Waals surface area contributed by atoms with Gasteiger partial charge in [-0.25, -0.2) is 15.0 Å². The summed E-state index contributed by atoms with van der Waals surface area (Å²) in [5.74, 6) is 3.64. The van der Waals surface area contributed by atoms with E-state index in [0.717, 1.165) is 17.2 Å². The molecule has 0 saturated heterocycles. The minimum absolute atomic E-state index is 0.338. The minimum Gasteiger partial charge on any atom is -0.481 e. The first-order chi connectivity index (χ1) is 12.3. The van der Waals surface area contributed by atoms with Crippen molar-refractivity contribution >= 4 is 0 Å². The van der Waals surface area contributed by atoms with Crippen LogP contribution in [0.2, 0.25) is 0 Å². The van der Waals surface area contributed by atoms with Crippen LogP contribution in [0, 0.1) is 6.92 Å². The van der Waals surface area contributed by atoms with Crippen molar-refractivity contribution in [1.82, 2.24) is 19.9 Å². The highest BCUT2D eigenvalue weighted by molar-refractivity contribution is 5.27. The second-order valence-electron chi connectivity index (χ2n) is 6.72. The van der Waals surface area contributed by atoms with Crippen LogP contribution in [-0.2, 0) is 0 Å². The molecule has 0 unspecified atom stereocenters. The van der Waals surface area contributed by atoms with Crippen molar-refractivity contribution in [3.8, 4) is 5.88 Å². The first kappa shape index (κ1) is 24.0. The number of rotatable bonds is 4. The number of aromatic nitrogens is 4. The van der Waals surface area contributed by atoms with Crippen LogP contribution in [0.25, 0.3) is 0 Å². The van der Waals surface area contributed by atoms with Gasteiger partial charge in [0.25, 0.3) is 0 Å². The van der Waals surface area contributed by atoms with E-state index in [-0.39, 0.29) is 0 Å². The van der Waals surface area contributed by atoms with E-state index in [9.17, 15) is 0 Å². The second-order valence-corrected chi connectivity index (χ2v) is 6.72. The third-order valence-corrected chi connectivity index (χ3v) is 3.60. The van der Waals surface area contributed by atoms with Gasteiger partial charge in [-0.2, -0.15) is 4.98 Å². The zero-order valence-electron chi connectivity index (χ0n) is 18.2. The van der Waals surface area contributed by atoms with Gasteiger partial charge in [-0.15, -0.1) is 0 Å². The lowest BCUT2D eigenvalue weighted by Crippen LogP contribution is -2.04. The Balaban J connectivity index is 0.000000458. The fourth-order valence-corrected chi connectivity index (χ4v) is 1.93. The highest BCUT2D eigenvalue weighted by atomic mass is 16.5. The molecule has 0 aliphatic rings. The van der Waals surface area contributed by atoms with Gasteiger partial charge in [-0.1, -0.05) is 55.4 Å². The molecule has 0 aromatic carbocycles. The van der Waals surface area contributed by atoms with E-state index in [1.807, 2.05) is 39.4 Å². The fraction of sp³-hybridized carbons (Fsp3) is 0.619. The van der Waals surface area contributed by atoms with Gasteiger partial charge < -0.3 is 4.74 Å². The summed E-state index contributed by atoms with van der Waals surface area (Å²) < 4.78 is 5.25. The van der Waals surface area contributed by atoms with Gasteiger partial charge in [0.1, 0.15) is 11.6 Å². The van der Waals surface area contributed by atoms with Gasteiger partial charge in [-0.05, 0) is 24.3 Å². The van der Waals surface area contributed by atoms with Crippen LogP contribution in [0.15, 0.2) is 18.6 Å². The molecule has 2 aromatic rings. The lowest BCUT2D eigenvalue weighted by molar-refractivity contribution is 0.386. The average molecular weight is 361 g/mol. The molecule has 0 spiro atoms. The minimum atomic E-state index is 0.338. The SMILES string of the molecule is CC.COc1nc(C(C)C)ncc1C(C)C.Cc1ncc(C(C)C)cn1. The Morgan fingerprint density at radius 1 is 0.769 bits per heavy atom. The first-order valence-corrected chi connectivity index (χ1v) is 9.45. The highest BCUT2D eigenvalue weighted by Gasteiger charge is 2.12. The second kappa shape index (κ2) is 12.3. The van der Waals surface area contributed by atoms with E-state index >= 15 is 0 Å². The molecule has 0 saturated carbocycles. The van der Waals surface area contributed by atoms with Crippen LogP contribution in [0.5, 0.6) is 5.88 Å². The molecule has 0 fully saturated rings. The predicted octanol–water partition coefficient (Wildman–Crippen LogP) is 5.67. The molecule has 146 valence electrons. The van der Waals surface area contributed by atoms with Crippen LogP contribution in [-0.4, -0.2) is 27.0 Å². The lowest BCUT2D eigenvalue weighted by Gasteiger charge is -2.12. The third kappa shape index (κ3) is 7.89. The predicted molar refractivity (Wildman–Crippen MR) is 109 cm³/mol. The van der Waals surface area contributed by atoms with Gasteiger partial charge in [0.15, 0.2) is 0 Å². The molecule has 0 bridgehead atoms. The molecule has 5 nitrogen and oxygen atoms in total. The molecular weight excluding hydrogens is 324 g/mol. The number of ether oxygens (including phenoxy) is 1. The number of hydrogen-bond donors (Lipinski definition) is 0. The van der Waals surface area contributed by atoms with E-state index in [1.54, 1.807) is 7.11 Å². The molecule has 26 heavy (non-hydrogen) atoms. The third-order valence-electron chi connectivity index (χ3n) is 3.60. The van der Waals surface area contributed by atoms with Crippen molar-refractivity contribution in [3.05, 3.63) is 41.4 Å². The largest absolute Gasteiger partial charge is 0.481 e. The van der Waals surface area contributed by atoms with Crippen LogP contribution in [0.4, 0.5) is 0 Å². The van der Waals surface area contributed by atoms with Crippen LogP contribution < -0.4 is 4.74 Å². The molecule has 0 radical (unpaired) electrons. The fourth-order valence-electron chi connectivity index (χ4n) is 1.93. The van der Waals surface area contributed by atoms with Crippen LogP contribution >= 0.6 is 0 Å². The van der Waals surface area contributed by atoms with Crippen molar-refractivity contribution in [2.24, 2.45) is 0 Å². The van der Waals surface area contributed by atoms with Crippen molar-refractivity contribution in [2.45, 2.75) is 80.1 Å². The molecule has 0 aliphatic heterocycles. The molecule has 2 rings (SSSR count).